The van der Waals surface area contributed by atoms with Crippen LogP contribution in [-0.2, 0) is 9.59 Å². The summed E-state index contributed by atoms with van der Waals surface area (Å²) < 4.78 is 0. The van der Waals surface area contributed by atoms with Gasteiger partial charge < -0.3 is 0 Å². The highest BCUT2D eigenvalue weighted by Crippen LogP contribution is 2.14. The van der Waals surface area contributed by atoms with E-state index in [-0.39, 0.29) is 17.3 Å². The second-order valence-corrected chi connectivity index (χ2v) is 3.19. The number of hydrogen-bond acceptors (Lipinski definition) is 3. The number of rotatable bonds is 0. The van der Waals surface area contributed by atoms with Crippen molar-refractivity contribution in [1.82, 2.24) is 0 Å². The molecule has 3 heteroatoms. The number of carbonyl (C=O) groups is 2. The van der Waals surface area contributed by atoms with Crippen molar-refractivity contribution in [1.29, 1.82) is 0 Å². The molecule has 0 saturated carbocycles. The van der Waals surface area contributed by atoms with E-state index >= 15 is 0 Å². The van der Waals surface area contributed by atoms with Gasteiger partial charge in [-0.1, -0.05) is 11.8 Å². The SMILES string of the molecule is O=C1CCCSC(=O)C1. The van der Waals surface area contributed by atoms with Crippen molar-refractivity contribution in [2.24, 2.45) is 0 Å². The first kappa shape index (κ1) is 6.81. The van der Waals surface area contributed by atoms with Gasteiger partial charge in [-0.05, 0) is 6.42 Å². The quantitative estimate of drug-likeness (QED) is 0.476. The van der Waals surface area contributed by atoms with Gasteiger partial charge in [0, 0.05) is 12.2 Å². The van der Waals surface area contributed by atoms with Gasteiger partial charge in [-0.15, -0.1) is 0 Å². The van der Waals surface area contributed by atoms with Crippen LogP contribution in [0.1, 0.15) is 19.3 Å². The van der Waals surface area contributed by atoms with E-state index in [1.54, 1.807) is 0 Å². The molecule has 1 aliphatic rings. The van der Waals surface area contributed by atoms with Crippen molar-refractivity contribution < 1.29 is 9.59 Å². The molecule has 0 aromatic carbocycles. The first-order valence-corrected chi connectivity index (χ1v) is 3.95. The number of carbonyl (C=O) groups excluding carboxylic acids is 2. The van der Waals surface area contributed by atoms with Gasteiger partial charge in [-0.2, -0.15) is 0 Å². The van der Waals surface area contributed by atoms with Gasteiger partial charge in [-0.25, -0.2) is 0 Å². The molecule has 1 fully saturated rings. The lowest BCUT2D eigenvalue weighted by atomic mass is 10.2. The molecular weight excluding hydrogens is 136 g/mol. The van der Waals surface area contributed by atoms with Crippen molar-refractivity contribution in [3.63, 3.8) is 0 Å². The lowest BCUT2D eigenvalue weighted by Gasteiger charge is -1.86. The van der Waals surface area contributed by atoms with Crippen molar-refractivity contribution in [3.05, 3.63) is 0 Å². The fourth-order valence-electron chi connectivity index (χ4n) is 0.756. The molecule has 1 rings (SSSR count). The van der Waals surface area contributed by atoms with Crippen LogP contribution >= 0.6 is 11.8 Å². The third-order valence-electron chi connectivity index (χ3n) is 1.20. The predicted molar refractivity (Wildman–Crippen MR) is 36.3 cm³/mol. The molecule has 0 aromatic heterocycles. The Bertz CT molecular complexity index is 126. The smallest absolute Gasteiger partial charge is 0.196 e. The minimum absolute atomic E-state index is 0.0394. The molecule has 1 saturated heterocycles. The molecule has 0 spiro atoms. The van der Waals surface area contributed by atoms with Crippen LogP contribution in [0.4, 0.5) is 0 Å². The molecule has 0 aliphatic carbocycles. The van der Waals surface area contributed by atoms with Crippen LogP contribution in [-0.4, -0.2) is 16.7 Å². The van der Waals surface area contributed by atoms with Crippen molar-refractivity contribution >= 4 is 22.7 Å². The molecule has 0 radical (unpaired) electrons. The minimum atomic E-state index is 0.0394. The molecule has 50 valence electrons. The Balaban J connectivity index is 2.47. The fourth-order valence-corrected chi connectivity index (χ4v) is 1.54. The zero-order valence-electron chi connectivity index (χ0n) is 5.05. The second-order valence-electron chi connectivity index (χ2n) is 2.04. The van der Waals surface area contributed by atoms with E-state index in [1.807, 2.05) is 0 Å². The molecule has 9 heavy (non-hydrogen) atoms. The maximum Gasteiger partial charge on any atom is 0.196 e. The topological polar surface area (TPSA) is 34.1 Å². The average molecular weight is 144 g/mol. The molecular formula is C6H8O2S. The zero-order chi connectivity index (χ0) is 6.69. The Kier molecular flexibility index (Phi) is 2.28. The summed E-state index contributed by atoms with van der Waals surface area (Å²) in [7, 11) is 0. The van der Waals surface area contributed by atoms with E-state index < -0.39 is 0 Å². The molecule has 0 atom stereocenters. The van der Waals surface area contributed by atoms with E-state index in [0.29, 0.717) is 6.42 Å². The second kappa shape index (κ2) is 3.01. The molecule has 0 unspecified atom stereocenters. The van der Waals surface area contributed by atoms with Crippen LogP contribution in [0.2, 0.25) is 0 Å². The standard InChI is InChI=1S/C6H8O2S/c7-5-2-1-3-9-6(8)4-5/h1-4H2. The molecule has 1 aliphatic heterocycles. The number of ketones is 1. The van der Waals surface area contributed by atoms with Gasteiger partial charge in [0.15, 0.2) is 5.12 Å². The highest BCUT2D eigenvalue weighted by Gasteiger charge is 2.13. The summed E-state index contributed by atoms with van der Waals surface area (Å²) in [4.78, 5) is 21.3. The Morgan fingerprint density at radius 1 is 1.33 bits per heavy atom. The van der Waals surface area contributed by atoms with Crippen molar-refractivity contribution in [2.75, 3.05) is 5.75 Å². The lowest BCUT2D eigenvalue weighted by Crippen LogP contribution is -1.99. The number of thioether (sulfide) groups is 1. The van der Waals surface area contributed by atoms with Crippen LogP contribution in [0.5, 0.6) is 0 Å². The van der Waals surface area contributed by atoms with E-state index in [2.05, 4.69) is 0 Å². The third kappa shape index (κ3) is 2.18. The van der Waals surface area contributed by atoms with E-state index in [4.69, 9.17) is 0 Å². The Hall–Kier alpha value is -0.310. The van der Waals surface area contributed by atoms with Gasteiger partial charge in [0.2, 0.25) is 0 Å². The summed E-state index contributed by atoms with van der Waals surface area (Å²) in [6.45, 7) is 0. The van der Waals surface area contributed by atoms with Gasteiger partial charge in [0.05, 0.1) is 6.42 Å². The zero-order valence-corrected chi connectivity index (χ0v) is 5.87. The van der Waals surface area contributed by atoms with Gasteiger partial charge in [0.1, 0.15) is 5.78 Å². The van der Waals surface area contributed by atoms with Gasteiger partial charge in [0.25, 0.3) is 0 Å². The van der Waals surface area contributed by atoms with Gasteiger partial charge >= 0.3 is 0 Å². The van der Waals surface area contributed by atoms with Crippen molar-refractivity contribution in [3.8, 4) is 0 Å². The van der Waals surface area contributed by atoms with E-state index in [9.17, 15) is 9.59 Å². The highest BCUT2D eigenvalue weighted by atomic mass is 32.2. The lowest BCUT2D eigenvalue weighted by molar-refractivity contribution is -0.123. The van der Waals surface area contributed by atoms with Crippen LogP contribution in [0.3, 0.4) is 0 Å². The maximum atomic E-state index is 10.7. The van der Waals surface area contributed by atoms with Crippen LogP contribution < -0.4 is 0 Å². The van der Waals surface area contributed by atoms with Crippen LogP contribution in [0, 0.1) is 0 Å². The fraction of sp³-hybridized carbons (Fsp3) is 0.667. The Morgan fingerprint density at radius 3 is 2.89 bits per heavy atom. The summed E-state index contributed by atoms with van der Waals surface area (Å²) in [6, 6.07) is 0. The Labute approximate surface area is 58.0 Å². The third-order valence-corrected chi connectivity index (χ3v) is 2.16. The summed E-state index contributed by atoms with van der Waals surface area (Å²) in [5.74, 6) is 0.926. The first-order chi connectivity index (χ1) is 4.29. The largest absolute Gasteiger partial charge is 0.299 e. The Morgan fingerprint density at radius 2 is 2.11 bits per heavy atom. The van der Waals surface area contributed by atoms with Crippen LogP contribution in [0.15, 0.2) is 0 Å². The molecule has 0 amide bonds. The average Bonchev–Trinajstić information content (AvgIpc) is 1.93. The molecule has 0 N–H and O–H groups in total. The summed E-state index contributed by atoms with van der Waals surface area (Å²) in [5.41, 5.74) is 0. The minimum Gasteiger partial charge on any atom is -0.299 e. The van der Waals surface area contributed by atoms with E-state index in [0.717, 1.165) is 12.2 Å². The molecule has 1 heterocycles. The van der Waals surface area contributed by atoms with Crippen molar-refractivity contribution in [2.45, 2.75) is 19.3 Å². The van der Waals surface area contributed by atoms with E-state index in [1.165, 1.54) is 11.8 Å². The molecule has 2 nitrogen and oxygen atoms in total. The number of Topliss-reactive ketones (excluding diaryl/α,β-unsaturated/α-hetero) is 1. The summed E-state index contributed by atoms with van der Waals surface area (Å²) in [6.07, 6.45) is 1.62. The normalized spacial score (nSPS) is 21.8. The highest BCUT2D eigenvalue weighted by molar-refractivity contribution is 8.13. The first-order valence-electron chi connectivity index (χ1n) is 2.96. The monoisotopic (exact) mass is 144 g/mol. The summed E-state index contributed by atoms with van der Waals surface area (Å²) >= 11 is 1.28. The molecule has 0 aromatic rings. The van der Waals surface area contributed by atoms with Crippen LogP contribution in [0.25, 0.3) is 0 Å². The molecule has 0 bridgehead atoms. The van der Waals surface area contributed by atoms with Gasteiger partial charge in [-0.3, -0.25) is 9.59 Å². The maximum absolute atomic E-state index is 10.7. The summed E-state index contributed by atoms with van der Waals surface area (Å²) in [5, 5.41) is 0.0394. The predicted octanol–water partition coefficient (Wildman–Crippen LogP) is 0.999. The number of hydrogen-bond donors (Lipinski definition) is 0.